The van der Waals surface area contributed by atoms with Crippen LogP contribution in [0.4, 0.5) is 0 Å². The second kappa shape index (κ2) is 7.71. The minimum Gasteiger partial charge on any atom is -0.504 e. The molecule has 1 aromatic rings. The average Bonchev–Trinajstić information content (AvgIpc) is 3.61. The summed E-state index contributed by atoms with van der Waals surface area (Å²) < 4.78 is 6.52. The van der Waals surface area contributed by atoms with Gasteiger partial charge in [-0.1, -0.05) is 6.07 Å². The summed E-state index contributed by atoms with van der Waals surface area (Å²) in [6, 6.07) is 3.73. The zero-order valence-electron chi connectivity index (χ0n) is 20.6. The van der Waals surface area contributed by atoms with Crippen molar-refractivity contribution in [2.75, 3.05) is 26.2 Å². The summed E-state index contributed by atoms with van der Waals surface area (Å²) >= 11 is 0. The van der Waals surface area contributed by atoms with Gasteiger partial charge in [0.2, 0.25) is 11.8 Å². The normalized spacial score (nSPS) is 36.5. The lowest BCUT2D eigenvalue weighted by atomic mass is 9.48. The first kappa shape index (κ1) is 22.6. The van der Waals surface area contributed by atoms with Crippen molar-refractivity contribution >= 4 is 11.8 Å². The number of phenolic OH excluding ortho intramolecular Hbond substituents is 1. The van der Waals surface area contributed by atoms with Gasteiger partial charge in [0.25, 0.3) is 0 Å². The van der Waals surface area contributed by atoms with Crippen molar-refractivity contribution in [3.05, 3.63) is 34.9 Å². The van der Waals surface area contributed by atoms with Crippen molar-refractivity contribution in [3.8, 4) is 11.5 Å². The standard InChI is InChI=1S/C28H35N3O5/c29-26(34)17-6-10-30(11-7-17)22(33)14-19-5-8-28(35)21-13-18-3-4-20(32)24-23(18)27(28,25(19)36-24)9-12-31(21)15-16-1-2-16/h3-4,14,16-17,21,25,32,35H,1-2,5-13,15H2,(H2,29,34)/b19-14+/t21-,25+,27+,28-/m1/s1. The van der Waals surface area contributed by atoms with Crippen LogP contribution in [-0.2, 0) is 21.4 Å². The van der Waals surface area contributed by atoms with Crippen molar-refractivity contribution in [2.24, 2.45) is 17.6 Å². The second-order valence-electron chi connectivity index (χ2n) is 12.0. The van der Waals surface area contributed by atoms with Gasteiger partial charge in [0.1, 0.15) is 6.10 Å². The Balaban J connectivity index is 1.25. The zero-order chi connectivity index (χ0) is 24.8. The summed E-state index contributed by atoms with van der Waals surface area (Å²) in [4.78, 5) is 29.2. The van der Waals surface area contributed by atoms with Crippen LogP contribution in [0.3, 0.4) is 0 Å². The molecule has 8 heteroatoms. The minimum absolute atomic E-state index is 0.0195. The monoisotopic (exact) mass is 493 g/mol. The van der Waals surface area contributed by atoms with E-state index >= 15 is 0 Å². The number of phenols is 1. The molecule has 8 nitrogen and oxygen atoms in total. The van der Waals surface area contributed by atoms with E-state index < -0.39 is 17.1 Å². The Morgan fingerprint density at radius 1 is 1.14 bits per heavy atom. The van der Waals surface area contributed by atoms with Gasteiger partial charge in [-0.25, -0.2) is 0 Å². The van der Waals surface area contributed by atoms with Crippen LogP contribution in [0, 0.1) is 11.8 Å². The molecule has 2 amide bonds. The third-order valence-electron chi connectivity index (χ3n) is 10.2. The molecule has 7 rings (SSSR count). The maximum absolute atomic E-state index is 13.3. The molecule has 1 aromatic carbocycles. The number of aromatic hydroxyl groups is 1. The van der Waals surface area contributed by atoms with Gasteiger partial charge >= 0.3 is 0 Å². The van der Waals surface area contributed by atoms with Crippen LogP contribution in [-0.4, -0.2) is 75.8 Å². The third kappa shape index (κ3) is 3.00. The Morgan fingerprint density at radius 2 is 1.92 bits per heavy atom. The molecule has 3 aliphatic carbocycles. The van der Waals surface area contributed by atoms with Crippen LogP contribution in [0.1, 0.15) is 56.1 Å². The molecule has 36 heavy (non-hydrogen) atoms. The van der Waals surface area contributed by atoms with Gasteiger partial charge in [-0.05, 0) is 81.0 Å². The molecular formula is C28H35N3O5. The number of carbonyl (C=O) groups excluding carboxylic acids is 2. The predicted molar refractivity (Wildman–Crippen MR) is 131 cm³/mol. The van der Waals surface area contributed by atoms with Crippen molar-refractivity contribution in [2.45, 2.75) is 74.5 Å². The summed E-state index contributed by atoms with van der Waals surface area (Å²) in [7, 11) is 0. The predicted octanol–water partition coefficient (Wildman–Crippen LogP) is 1.61. The Bertz CT molecular complexity index is 1170. The molecule has 0 aromatic heterocycles. The number of ether oxygens (including phenoxy) is 1. The number of piperidine rings is 2. The summed E-state index contributed by atoms with van der Waals surface area (Å²) in [5, 5.41) is 23.3. The molecule has 2 saturated carbocycles. The fourth-order valence-electron chi connectivity index (χ4n) is 8.12. The van der Waals surface area contributed by atoms with Crippen LogP contribution in [0.5, 0.6) is 11.5 Å². The van der Waals surface area contributed by atoms with Gasteiger partial charge in [0.05, 0.1) is 11.0 Å². The molecular weight excluding hydrogens is 458 g/mol. The van der Waals surface area contributed by atoms with E-state index in [1.165, 1.54) is 12.8 Å². The molecule has 4 N–H and O–H groups in total. The molecule has 1 spiro atoms. The Kier molecular flexibility index (Phi) is 4.84. The number of carbonyl (C=O) groups is 2. The molecule has 0 radical (unpaired) electrons. The van der Waals surface area contributed by atoms with E-state index in [0.29, 0.717) is 44.5 Å². The fraction of sp³-hybridized carbons (Fsp3) is 0.643. The zero-order valence-corrected chi connectivity index (χ0v) is 20.6. The third-order valence-corrected chi connectivity index (χ3v) is 10.2. The number of amides is 2. The van der Waals surface area contributed by atoms with E-state index in [9.17, 15) is 19.8 Å². The molecule has 3 aliphatic heterocycles. The highest BCUT2D eigenvalue weighted by molar-refractivity contribution is 5.89. The Morgan fingerprint density at radius 3 is 2.64 bits per heavy atom. The van der Waals surface area contributed by atoms with Gasteiger partial charge in [0.15, 0.2) is 11.5 Å². The molecule has 3 heterocycles. The lowest BCUT2D eigenvalue weighted by molar-refractivity contribution is -0.174. The number of nitrogens with two attached hydrogens (primary N) is 1. The first-order valence-corrected chi connectivity index (χ1v) is 13.6. The molecule has 4 atom stereocenters. The quantitative estimate of drug-likeness (QED) is 0.549. The van der Waals surface area contributed by atoms with Gasteiger partial charge < -0.3 is 25.6 Å². The molecule has 0 unspecified atom stereocenters. The number of aliphatic hydroxyl groups is 1. The number of benzene rings is 1. The summed E-state index contributed by atoms with van der Waals surface area (Å²) in [6.07, 6.45) is 7.66. The smallest absolute Gasteiger partial charge is 0.246 e. The van der Waals surface area contributed by atoms with Gasteiger partial charge in [-0.15, -0.1) is 0 Å². The van der Waals surface area contributed by atoms with Crippen LogP contribution in [0.15, 0.2) is 23.8 Å². The Hall–Kier alpha value is -2.58. The maximum atomic E-state index is 13.3. The topological polar surface area (TPSA) is 116 Å². The van der Waals surface area contributed by atoms with Crippen molar-refractivity contribution in [1.29, 1.82) is 0 Å². The number of primary amides is 1. The van der Waals surface area contributed by atoms with Crippen molar-refractivity contribution < 1.29 is 24.5 Å². The highest BCUT2D eigenvalue weighted by Gasteiger charge is 2.72. The minimum atomic E-state index is -0.961. The van der Waals surface area contributed by atoms with Gasteiger partial charge in [-0.3, -0.25) is 14.5 Å². The molecule has 2 saturated heterocycles. The number of nitrogens with zero attached hydrogens (tertiary/aromatic N) is 2. The lowest BCUT2D eigenvalue weighted by Crippen LogP contribution is -2.75. The highest BCUT2D eigenvalue weighted by Crippen LogP contribution is 2.66. The SMILES string of the molecule is NC(=O)C1CCN(C(=O)/C=C2\CC[C@@]3(O)[C@H]4Cc5ccc(O)c6c5[C@@]3(CCN4CC3CC3)[C@H]2O6)CC1. The van der Waals surface area contributed by atoms with Crippen LogP contribution in [0.2, 0.25) is 0 Å². The number of hydrogen-bond donors (Lipinski definition) is 3. The lowest BCUT2D eigenvalue weighted by Gasteiger charge is -2.63. The second-order valence-corrected chi connectivity index (χ2v) is 12.0. The van der Waals surface area contributed by atoms with Crippen LogP contribution in [0.25, 0.3) is 0 Å². The summed E-state index contributed by atoms with van der Waals surface area (Å²) in [6.45, 7) is 2.96. The van der Waals surface area contributed by atoms with Crippen LogP contribution < -0.4 is 10.5 Å². The van der Waals surface area contributed by atoms with Crippen molar-refractivity contribution in [1.82, 2.24) is 9.80 Å². The first-order chi connectivity index (χ1) is 17.3. The fourth-order valence-corrected chi connectivity index (χ4v) is 8.12. The highest BCUT2D eigenvalue weighted by atomic mass is 16.5. The number of hydrogen-bond acceptors (Lipinski definition) is 6. The van der Waals surface area contributed by atoms with E-state index in [0.717, 1.165) is 48.5 Å². The Labute approximate surface area is 211 Å². The van der Waals surface area contributed by atoms with Crippen LogP contribution >= 0.6 is 0 Å². The number of likely N-dealkylation sites (tertiary alicyclic amines) is 2. The van der Waals surface area contributed by atoms with E-state index in [-0.39, 0.29) is 29.5 Å². The van der Waals surface area contributed by atoms with Crippen molar-refractivity contribution in [3.63, 3.8) is 0 Å². The first-order valence-electron chi connectivity index (χ1n) is 13.6. The summed E-state index contributed by atoms with van der Waals surface area (Å²) in [5.74, 6) is 0.811. The number of rotatable bonds is 4. The average molecular weight is 494 g/mol. The van der Waals surface area contributed by atoms with Gasteiger partial charge in [-0.2, -0.15) is 0 Å². The summed E-state index contributed by atoms with van der Waals surface area (Å²) in [5.41, 5.74) is 6.88. The molecule has 2 bridgehead atoms. The van der Waals surface area contributed by atoms with E-state index in [1.54, 1.807) is 17.0 Å². The van der Waals surface area contributed by atoms with E-state index in [1.807, 2.05) is 6.07 Å². The van der Waals surface area contributed by atoms with Gasteiger partial charge in [0, 0.05) is 43.2 Å². The van der Waals surface area contributed by atoms with E-state index in [4.69, 9.17) is 10.5 Å². The molecule has 6 aliphatic rings. The largest absolute Gasteiger partial charge is 0.504 e. The molecule has 4 fully saturated rings. The maximum Gasteiger partial charge on any atom is 0.246 e. The molecule has 192 valence electrons. The van der Waals surface area contributed by atoms with E-state index in [2.05, 4.69) is 4.90 Å².